The number of rotatable bonds is 6. The highest BCUT2D eigenvalue weighted by Gasteiger charge is 2.20. The smallest absolute Gasteiger partial charge is 0.0513 e. The van der Waals surface area contributed by atoms with E-state index in [4.69, 9.17) is 9.84 Å². The Kier molecular flexibility index (Phi) is 3.87. The minimum atomic E-state index is -0.167. The summed E-state index contributed by atoms with van der Waals surface area (Å²) in [6, 6.07) is 0. The third-order valence-corrected chi connectivity index (χ3v) is 1.96. The number of aliphatic hydroxyl groups is 1. The van der Waals surface area contributed by atoms with Crippen LogP contribution in [0.2, 0.25) is 0 Å². The molecule has 2 nitrogen and oxygen atoms in total. The van der Waals surface area contributed by atoms with Crippen LogP contribution in [-0.4, -0.2) is 24.4 Å². The summed E-state index contributed by atoms with van der Waals surface area (Å²) in [5, 5.41) is 8.92. The average Bonchev–Trinajstić information content (AvgIpc) is 2.70. The van der Waals surface area contributed by atoms with Gasteiger partial charge in [-0.3, -0.25) is 0 Å². The Morgan fingerprint density at radius 2 is 2.27 bits per heavy atom. The van der Waals surface area contributed by atoms with Crippen LogP contribution in [0.25, 0.3) is 0 Å². The molecule has 1 saturated carbocycles. The molecule has 0 aromatic carbocycles. The molecule has 1 aliphatic carbocycles. The first kappa shape index (κ1) is 9.01. The van der Waals surface area contributed by atoms with Gasteiger partial charge in [-0.15, -0.1) is 0 Å². The molecular weight excluding hydrogens is 140 g/mol. The molecule has 0 radical (unpaired) electrons. The lowest BCUT2D eigenvalue weighted by Crippen LogP contribution is -2.04. The van der Waals surface area contributed by atoms with E-state index in [1.165, 1.54) is 12.8 Å². The summed E-state index contributed by atoms with van der Waals surface area (Å²) in [6.45, 7) is 3.59. The van der Waals surface area contributed by atoms with Crippen molar-refractivity contribution in [2.45, 2.75) is 38.7 Å². The van der Waals surface area contributed by atoms with E-state index in [0.717, 1.165) is 32.0 Å². The van der Waals surface area contributed by atoms with Crippen molar-refractivity contribution >= 4 is 0 Å². The lowest BCUT2D eigenvalue weighted by atomic mass is 10.2. The molecule has 0 heterocycles. The molecule has 0 saturated heterocycles. The highest BCUT2D eigenvalue weighted by atomic mass is 16.5. The van der Waals surface area contributed by atoms with E-state index in [0.29, 0.717) is 0 Å². The third kappa shape index (κ3) is 5.22. The molecule has 0 aromatic rings. The number of hydrogen-bond donors (Lipinski definition) is 1. The summed E-state index contributed by atoms with van der Waals surface area (Å²) >= 11 is 0. The zero-order valence-corrected chi connectivity index (χ0v) is 7.25. The van der Waals surface area contributed by atoms with Crippen LogP contribution in [0.4, 0.5) is 0 Å². The van der Waals surface area contributed by atoms with Crippen LogP contribution >= 0.6 is 0 Å². The van der Waals surface area contributed by atoms with Gasteiger partial charge in [-0.2, -0.15) is 0 Å². The van der Waals surface area contributed by atoms with Crippen molar-refractivity contribution < 1.29 is 9.84 Å². The van der Waals surface area contributed by atoms with Crippen molar-refractivity contribution in [2.24, 2.45) is 5.92 Å². The van der Waals surface area contributed by atoms with Crippen LogP contribution in [0.1, 0.15) is 32.6 Å². The molecular formula is C9H18O2. The third-order valence-electron chi connectivity index (χ3n) is 1.96. The Hall–Kier alpha value is -0.0800. The number of hydrogen-bond acceptors (Lipinski definition) is 2. The Morgan fingerprint density at radius 3 is 2.82 bits per heavy atom. The van der Waals surface area contributed by atoms with E-state index < -0.39 is 0 Å². The average molecular weight is 158 g/mol. The Balaban J connectivity index is 1.73. The van der Waals surface area contributed by atoms with E-state index in [-0.39, 0.29) is 6.10 Å². The summed E-state index contributed by atoms with van der Waals surface area (Å²) in [6.07, 6.45) is 4.40. The summed E-state index contributed by atoms with van der Waals surface area (Å²) < 4.78 is 5.40. The van der Waals surface area contributed by atoms with Crippen LogP contribution in [-0.2, 0) is 4.74 Å². The van der Waals surface area contributed by atoms with Gasteiger partial charge in [0.1, 0.15) is 0 Å². The SMILES string of the molecule is CC(O)CCCOCC1CC1. The Morgan fingerprint density at radius 1 is 1.55 bits per heavy atom. The molecule has 0 amide bonds. The van der Waals surface area contributed by atoms with Gasteiger partial charge < -0.3 is 9.84 Å². The van der Waals surface area contributed by atoms with Crippen molar-refractivity contribution in [3.63, 3.8) is 0 Å². The molecule has 1 atom stereocenters. The Bertz CT molecular complexity index is 93.7. The van der Waals surface area contributed by atoms with Crippen LogP contribution < -0.4 is 0 Å². The fourth-order valence-electron chi connectivity index (χ4n) is 1.02. The predicted octanol–water partition coefficient (Wildman–Crippen LogP) is 1.57. The molecule has 1 unspecified atom stereocenters. The van der Waals surface area contributed by atoms with Crippen molar-refractivity contribution in [2.75, 3.05) is 13.2 Å². The first-order chi connectivity index (χ1) is 5.29. The molecule has 1 fully saturated rings. The minimum absolute atomic E-state index is 0.167. The molecule has 1 rings (SSSR count). The van der Waals surface area contributed by atoms with Crippen LogP contribution in [0.5, 0.6) is 0 Å². The van der Waals surface area contributed by atoms with Crippen molar-refractivity contribution in [1.29, 1.82) is 0 Å². The zero-order valence-electron chi connectivity index (χ0n) is 7.25. The predicted molar refractivity (Wildman–Crippen MR) is 44.5 cm³/mol. The standard InChI is InChI=1S/C9H18O2/c1-8(10)3-2-6-11-7-9-4-5-9/h8-10H,2-7H2,1H3. The van der Waals surface area contributed by atoms with Crippen LogP contribution in [0.15, 0.2) is 0 Å². The molecule has 1 N–H and O–H groups in total. The lowest BCUT2D eigenvalue weighted by Gasteiger charge is -2.04. The second-order valence-corrected chi connectivity index (χ2v) is 3.51. The van der Waals surface area contributed by atoms with Gasteiger partial charge in [0.2, 0.25) is 0 Å². The van der Waals surface area contributed by atoms with Crippen LogP contribution in [0, 0.1) is 5.92 Å². The maximum Gasteiger partial charge on any atom is 0.0513 e. The Labute approximate surface area is 68.6 Å². The molecule has 66 valence electrons. The fourth-order valence-corrected chi connectivity index (χ4v) is 1.02. The van der Waals surface area contributed by atoms with Gasteiger partial charge in [-0.25, -0.2) is 0 Å². The summed E-state index contributed by atoms with van der Waals surface area (Å²) in [7, 11) is 0. The molecule has 0 spiro atoms. The van der Waals surface area contributed by atoms with Gasteiger partial charge in [-0.1, -0.05) is 0 Å². The van der Waals surface area contributed by atoms with Gasteiger partial charge in [0.15, 0.2) is 0 Å². The second-order valence-electron chi connectivity index (χ2n) is 3.51. The van der Waals surface area contributed by atoms with E-state index in [2.05, 4.69) is 0 Å². The summed E-state index contributed by atoms with van der Waals surface area (Å²) in [5.74, 6) is 0.863. The van der Waals surface area contributed by atoms with Gasteiger partial charge in [0.25, 0.3) is 0 Å². The van der Waals surface area contributed by atoms with Crippen molar-refractivity contribution in [1.82, 2.24) is 0 Å². The number of ether oxygens (including phenoxy) is 1. The molecule has 2 heteroatoms. The van der Waals surface area contributed by atoms with Gasteiger partial charge in [-0.05, 0) is 38.5 Å². The minimum Gasteiger partial charge on any atom is -0.393 e. The maximum absolute atomic E-state index is 8.92. The van der Waals surface area contributed by atoms with Gasteiger partial charge >= 0.3 is 0 Å². The second kappa shape index (κ2) is 4.73. The van der Waals surface area contributed by atoms with Gasteiger partial charge in [0.05, 0.1) is 6.10 Å². The van der Waals surface area contributed by atoms with E-state index in [9.17, 15) is 0 Å². The largest absolute Gasteiger partial charge is 0.393 e. The topological polar surface area (TPSA) is 29.5 Å². The highest BCUT2D eigenvalue weighted by Crippen LogP contribution is 2.28. The van der Waals surface area contributed by atoms with Gasteiger partial charge in [0, 0.05) is 13.2 Å². The first-order valence-electron chi connectivity index (χ1n) is 4.55. The maximum atomic E-state index is 8.92. The number of aliphatic hydroxyl groups excluding tert-OH is 1. The molecule has 0 bridgehead atoms. The fraction of sp³-hybridized carbons (Fsp3) is 1.00. The van der Waals surface area contributed by atoms with Crippen molar-refractivity contribution in [3.05, 3.63) is 0 Å². The van der Waals surface area contributed by atoms with Crippen LogP contribution in [0.3, 0.4) is 0 Å². The van der Waals surface area contributed by atoms with E-state index >= 15 is 0 Å². The first-order valence-corrected chi connectivity index (χ1v) is 4.55. The molecule has 0 aliphatic heterocycles. The van der Waals surface area contributed by atoms with Crippen molar-refractivity contribution in [3.8, 4) is 0 Å². The summed E-state index contributed by atoms with van der Waals surface area (Å²) in [5.41, 5.74) is 0. The lowest BCUT2D eigenvalue weighted by molar-refractivity contribution is 0.105. The van der Waals surface area contributed by atoms with E-state index in [1.54, 1.807) is 0 Å². The molecule has 11 heavy (non-hydrogen) atoms. The molecule has 1 aliphatic rings. The highest BCUT2D eigenvalue weighted by molar-refractivity contribution is 4.71. The summed E-state index contributed by atoms with van der Waals surface area (Å²) in [4.78, 5) is 0. The zero-order chi connectivity index (χ0) is 8.10. The van der Waals surface area contributed by atoms with E-state index in [1.807, 2.05) is 6.92 Å². The molecule has 0 aromatic heterocycles. The quantitative estimate of drug-likeness (QED) is 0.595. The normalized spacial score (nSPS) is 20.2. The monoisotopic (exact) mass is 158 g/mol.